The number of halogens is 1. The maximum atomic E-state index is 5.94. The summed E-state index contributed by atoms with van der Waals surface area (Å²) in [5.74, 6) is 1.37. The number of aromatic nitrogens is 8. The highest BCUT2D eigenvalue weighted by Crippen LogP contribution is 2.27. The van der Waals surface area contributed by atoms with E-state index in [0.29, 0.717) is 27.8 Å². The third kappa shape index (κ3) is 5.26. The van der Waals surface area contributed by atoms with E-state index in [9.17, 15) is 0 Å². The molecule has 0 saturated carbocycles. The zero-order valence-corrected chi connectivity index (χ0v) is 21.1. The maximum Gasteiger partial charge on any atom is 0.182 e. The number of rotatable bonds is 4. The van der Waals surface area contributed by atoms with Crippen LogP contribution in [-0.4, -0.2) is 39.9 Å². The molecular weight excluding hydrogens is 490 g/mol. The first-order chi connectivity index (χ1) is 17.9. The molecule has 186 valence electrons. The summed E-state index contributed by atoms with van der Waals surface area (Å²) < 4.78 is 0. The lowest BCUT2D eigenvalue weighted by atomic mass is 10.1. The Balaban J connectivity index is 0.000000152. The van der Waals surface area contributed by atoms with Crippen LogP contribution in [0.15, 0.2) is 55.6 Å². The summed E-state index contributed by atoms with van der Waals surface area (Å²) in [4.78, 5) is 30.8. The van der Waals surface area contributed by atoms with Gasteiger partial charge in [0, 0.05) is 22.1 Å². The van der Waals surface area contributed by atoms with Crippen LogP contribution in [0, 0.1) is 20.8 Å². The number of nitrogens with one attached hydrogen (secondary N) is 4. The van der Waals surface area contributed by atoms with Crippen LogP contribution in [0.5, 0.6) is 0 Å². The minimum atomic E-state index is 0.562. The van der Waals surface area contributed by atoms with Crippen molar-refractivity contribution in [1.29, 1.82) is 0 Å². The predicted octanol–water partition coefficient (Wildman–Crippen LogP) is 5.35. The summed E-state index contributed by atoms with van der Waals surface area (Å²) in [6.45, 7) is 6.28. The molecule has 4 aromatic heterocycles. The van der Waals surface area contributed by atoms with Gasteiger partial charge in [-0.3, -0.25) is 0 Å². The number of nitrogens with two attached hydrogens (primary N) is 1. The number of anilines is 5. The molecule has 0 unspecified atom stereocenters. The fourth-order valence-electron chi connectivity index (χ4n) is 4.04. The first-order valence-corrected chi connectivity index (χ1v) is 11.7. The van der Waals surface area contributed by atoms with Crippen molar-refractivity contribution >= 4 is 62.6 Å². The zero-order valence-electron chi connectivity index (χ0n) is 20.3. The first kappa shape index (κ1) is 23.9. The molecule has 0 aliphatic rings. The second kappa shape index (κ2) is 10.1. The van der Waals surface area contributed by atoms with Gasteiger partial charge in [-0.2, -0.15) is 0 Å². The van der Waals surface area contributed by atoms with Crippen molar-refractivity contribution in [1.82, 2.24) is 39.9 Å². The van der Waals surface area contributed by atoms with Gasteiger partial charge in [-0.25, -0.2) is 29.9 Å². The smallest absolute Gasteiger partial charge is 0.182 e. The Morgan fingerprint density at radius 3 is 1.84 bits per heavy atom. The fraction of sp³-hybridized carbons (Fsp3) is 0.120. The number of imidazole rings is 2. The van der Waals surface area contributed by atoms with Crippen LogP contribution in [0.2, 0.25) is 5.02 Å². The molecular formula is C25H24ClN11. The number of aryl methyl sites for hydroxylation is 3. The number of hydrogen-bond donors (Lipinski definition) is 5. The summed E-state index contributed by atoms with van der Waals surface area (Å²) >= 11 is 5.94. The number of fused-ring (bicyclic) bond motifs is 2. The molecule has 0 bridgehead atoms. The standard InChI is InChI=1S/C14H15N5.C11H9ClN6/c1-8-4-9(2)11(10(3)5-8)19-14-12-13(16-6-15-12)17-7-18-14;12-6-1-7(13)3-8(2-6)18-11-9-10(15-4-14-9)16-5-17-11/h4-7H,1-3H3,(H2,15,16,17,18,19);1-5H,13H2,(H2,14,15,16,17,18). The Morgan fingerprint density at radius 2 is 1.27 bits per heavy atom. The van der Waals surface area contributed by atoms with E-state index in [1.165, 1.54) is 29.3 Å². The average molecular weight is 514 g/mol. The zero-order chi connectivity index (χ0) is 25.9. The van der Waals surface area contributed by atoms with Crippen LogP contribution < -0.4 is 16.4 Å². The summed E-state index contributed by atoms with van der Waals surface area (Å²) in [6, 6.07) is 9.53. The predicted molar refractivity (Wildman–Crippen MR) is 146 cm³/mol. The van der Waals surface area contributed by atoms with Crippen molar-refractivity contribution in [2.24, 2.45) is 0 Å². The monoisotopic (exact) mass is 513 g/mol. The number of aromatic amines is 2. The molecule has 6 aromatic rings. The minimum absolute atomic E-state index is 0.562. The molecule has 12 heteroatoms. The molecule has 6 N–H and O–H groups in total. The van der Waals surface area contributed by atoms with Crippen LogP contribution in [0.3, 0.4) is 0 Å². The Kier molecular flexibility index (Phi) is 6.52. The molecule has 37 heavy (non-hydrogen) atoms. The third-order valence-corrected chi connectivity index (χ3v) is 5.77. The van der Waals surface area contributed by atoms with E-state index in [1.807, 2.05) is 0 Å². The molecule has 0 saturated heterocycles. The molecule has 0 amide bonds. The molecule has 2 aromatic carbocycles. The third-order valence-electron chi connectivity index (χ3n) is 5.55. The van der Waals surface area contributed by atoms with Crippen molar-refractivity contribution in [3.8, 4) is 0 Å². The van der Waals surface area contributed by atoms with Crippen LogP contribution in [0.1, 0.15) is 16.7 Å². The molecule has 0 spiro atoms. The van der Waals surface area contributed by atoms with Crippen molar-refractivity contribution < 1.29 is 0 Å². The minimum Gasteiger partial charge on any atom is -0.399 e. The van der Waals surface area contributed by atoms with E-state index in [0.717, 1.165) is 28.2 Å². The van der Waals surface area contributed by atoms with E-state index < -0.39 is 0 Å². The summed E-state index contributed by atoms with van der Waals surface area (Å²) in [6.07, 6.45) is 6.15. The normalized spacial score (nSPS) is 10.8. The molecule has 0 radical (unpaired) electrons. The topological polar surface area (TPSA) is 159 Å². The van der Waals surface area contributed by atoms with Gasteiger partial charge in [0.1, 0.15) is 23.7 Å². The van der Waals surface area contributed by atoms with Gasteiger partial charge in [0.15, 0.2) is 22.9 Å². The van der Waals surface area contributed by atoms with E-state index in [2.05, 4.69) is 83.4 Å². The lowest BCUT2D eigenvalue weighted by Gasteiger charge is -2.13. The Morgan fingerprint density at radius 1 is 0.703 bits per heavy atom. The van der Waals surface area contributed by atoms with E-state index in [4.69, 9.17) is 17.3 Å². The molecule has 4 heterocycles. The van der Waals surface area contributed by atoms with Crippen molar-refractivity contribution in [2.75, 3.05) is 16.4 Å². The van der Waals surface area contributed by atoms with Crippen LogP contribution in [-0.2, 0) is 0 Å². The van der Waals surface area contributed by atoms with E-state index >= 15 is 0 Å². The number of H-pyrrole nitrogens is 2. The fourth-order valence-corrected chi connectivity index (χ4v) is 4.28. The van der Waals surface area contributed by atoms with Crippen LogP contribution in [0.25, 0.3) is 22.3 Å². The van der Waals surface area contributed by atoms with Gasteiger partial charge in [0.05, 0.1) is 12.7 Å². The SMILES string of the molecule is Cc1cc(C)c(Nc2ncnc3nc[nH]c23)c(C)c1.Nc1cc(Cl)cc(Nc2ncnc3nc[nH]c23)c1. The van der Waals surface area contributed by atoms with Gasteiger partial charge in [0.2, 0.25) is 0 Å². The van der Waals surface area contributed by atoms with E-state index in [1.54, 1.807) is 30.9 Å². The lowest BCUT2D eigenvalue weighted by Crippen LogP contribution is -2.00. The molecule has 0 aliphatic carbocycles. The highest BCUT2D eigenvalue weighted by molar-refractivity contribution is 6.31. The van der Waals surface area contributed by atoms with Gasteiger partial charge in [-0.05, 0) is 50.1 Å². The number of benzene rings is 2. The van der Waals surface area contributed by atoms with Crippen molar-refractivity contribution in [3.63, 3.8) is 0 Å². The second-order valence-electron chi connectivity index (χ2n) is 8.44. The van der Waals surface area contributed by atoms with Gasteiger partial charge in [-0.1, -0.05) is 29.3 Å². The largest absolute Gasteiger partial charge is 0.399 e. The number of nitrogen functional groups attached to an aromatic ring is 1. The van der Waals surface area contributed by atoms with Gasteiger partial charge >= 0.3 is 0 Å². The molecule has 11 nitrogen and oxygen atoms in total. The Labute approximate surface area is 217 Å². The van der Waals surface area contributed by atoms with E-state index in [-0.39, 0.29) is 0 Å². The Bertz CT molecular complexity index is 1660. The highest BCUT2D eigenvalue weighted by Gasteiger charge is 2.10. The van der Waals surface area contributed by atoms with Gasteiger partial charge in [0.25, 0.3) is 0 Å². The maximum absolute atomic E-state index is 5.94. The average Bonchev–Trinajstić information content (AvgIpc) is 3.52. The Hall–Kier alpha value is -4.77. The van der Waals surface area contributed by atoms with Crippen LogP contribution >= 0.6 is 11.6 Å². The molecule has 0 atom stereocenters. The number of nitrogens with zero attached hydrogens (tertiary/aromatic N) is 6. The lowest BCUT2D eigenvalue weighted by molar-refractivity contribution is 1.19. The van der Waals surface area contributed by atoms with Gasteiger partial charge in [-0.15, -0.1) is 0 Å². The van der Waals surface area contributed by atoms with Crippen LogP contribution in [0.4, 0.5) is 28.7 Å². The molecule has 0 fully saturated rings. The molecule has 0 aliphatic heterocycles. The quantitative estimate of drug-likeness (QED) is 0.196. The second-order valence-corrected chi connectivity index (χ2v) is 8.88. The molecule has 6 rings (SSSR count). The van der Waals surface area contributed by atoms with Gasteiger partial charge < -0.3 is 26.3 Å². The van der Waals surface area contributed by atoms with Crippen molar-refractivity contribution in [2.45, 2.75) is 20.8 Å². The highest BCUT2D eigenvalue weighted by atomic mass is 35.5. The first-order valence-electron chi connectivity index (χ1n) is 11.3. The van der Waals surface area contributed by atoms with Crippen molar-refractivity contribution in [3.05, 3.63) is 77.4 Å². The number of hydrogen-bond acceptors (Lipinski definition) is 9. The summed E-state index contributed by atoms with van der Waals surface area (Å²) in [7, 11) is 0. The summed E-state index contributed by atoms with van der Waals surface area (Å²) in [5.41, 5.74) is 14.6. The summed E-state index contributed by atoms with van der Waals surface area (Å²) in [5, 5.41) is 7.06.